The minimum absolute atomic E-state index is 0.416. The molecule has 0 aliphatic carbocycles. The summed E-state index contributed by atoms with van der Waals surface area (Å²) >= 11 is 0. The van der Waals surface area contributed by atoms with Gasteiger partial charge in [0.05, 0.1) is 0 Å². The lowest BCUT2D eigenvalue weighted by atomic mass is 9.57. The van der Waals surface area contributed by atoms with Crippen LogP contribution in [0.3, 0.4) is 0 Å². The van der Waals surface area contributed by atoms with Gasteiger partial charge < -0.3 is 14.6 Å². The lowest BCUT2D eigenvalue weighted by molar-refractivity contribution is 0.592. The Morgan fingerprint density at radius 2 is 1.53 bits per heavy atom. The van der Waals surface area contributed by atoms with Gasteiger partial charge in [0.15, 0.2) is 0 Å². The third kappa shape index (κ3) is 3.41. The van der Waals surface area contributed by atoms with Crippen LogP contribution in [-0.4, -0.2) is 44.6 Å². The van der Waals surface area contributed by atoms with E-state index in [1.54, 1.807) is 0 Å². The molecule has 15 heavy (non-hydrogen) atoms. The van der Waals surface area contributed by atoms with Crippen LogP contribution in [0.25, 0.3) is 0 Å². The number of allylic oxidation sites excluding steroid dienone is 1. The lowest BCUT2D eigenvalue weighted by Gasteiger charge is -2.40. The van der Waals surface area contributed by atoms with Crippen molar-refractivity contribution in [3.05, 3.63) is 38.0 Å². The topological polar surface area (TPSA) is 18.5 Å². The van der Waals surface area contributed by atoms with Crippen molar-refractivity contribution in [1.82, 2.24) is 14.6 Å². The van der Waals surface area contributed by atoms with Gasteiger partial charge in [-0.05, 0) is 19.4 Å². The van der Waals surface area contributed by atoms with Crippen molar-refractivity contribution in [1.29, 1.82) is 0 Å². The molecule has 78 valence electrons. The summed E-state index contributed by atoms with van der Waals surface area (Å²) in [7, 11) is 1.83. The van der Waals surface area contributed by atoms with Gasteiger partial charge >= 0.3 is 0 Å². The van der Waals surface area contributed by atoms with Crippen LogP contribution in [0, 0.1) is 0 Å². The first kappa shape index (κ1) is 12.4. The summed E-state index contributed by atoms with van der Waals surface area (Å²) in [6.07, 6.45) is 6.83. The Bertz CT molecular complexity index is 217. The average Bonchev–Trinajstić information content (AvgIpc) is 2.23. The Labute approximate surface area is 94.6 Å². The van der Waals surface area contributed by atoms with Crippen molar-refractivity contribution in [2.45, 2.75) is 6.32 Å². The van der Waals surface area contributed by atoms with Crippen molar-refractivity contribution in [2.75, 3.05) is 13.1 Å². The van der Waals surface area contributed by atoms with E-state index in [-0.39, 0.29) is 0 Å². The highest BCUT2D eigenvalue weighted by Crippen LogP contribution is 2.08. The molecule has 0 spiro atoms. The average molecular weight is 201 g/mol. The maximum Gasteiger partial charge on any atom is 0.294 e. The predicted octanol–water partition coefficient (Wildman–Crippen LogP) is -0.227. The Morgan fingerprint density at radius 3 is 1.93 bits per heavy atom. The van der Waals surface area contributed by atoms with Crippen molar-refractivity contribution >= 4 is 22.1 Å². The maximum absolute atomic E-state index is 3.82. The molecule has 0 aromatic carbocycles. The van der Waals surface area contributed by atoms with E-state index in [9.17, 15) is 0 Å². The van der Waals surface area contributed by atoms with E-state index in [1.807, 2.05) is 18.2 Å². The monoisotopic (exact) mass is 201 g/mol. The van der Waals surface area contributed by atoms with Crippen LogP contribution in [0.4, 0.5) is 0 Å². The zero-order valence-corrected chi connectivity index (χ0v) is 9.36. The Balaban J connectivity index is 2.64. The number of nitrogens with zero attached hydrogens (tertiary/aromatic N) is 2. The second kappa shape index (κ2) is 6.72. The number of hydrogen-bond donors (Lipinski definition) is 1. The first-order valence-corrected chi connectivity index (χ1v) is 5.35. The molecule has 0 aromatic rings. The summed E-state index contributed by atoms with van der Waals surface area (Å²) in [5.74, 6) is 0. The Kier molecular flexibility index (Phi) is 5.54. The molecule has 0 aromatic heterocycles. The molecule has 3 nitrogen and oxygen atoms in total. The van der Waals surface area contributed by atoms with Crippen LogP contribution < -0.4 is 5.14 Å². The summed E-state index contributed by atoms with van der Waals surface area (Å²) in [6, 6.07) is 0. The van der Waals surface area contributed by atoms with Gasteiger partial charge in [0.25, 0.3) is 22.1 Å². The zero-order chi connectivity index (χ0) is 11.1. The third-order valence-electron chi connectivity index (χ3n) is 2.58. The first-order chi connectivity index (χ1) is 7.33. The van der Waals surface area contributed by atoms with Crippen LogP contribution >= 0.6 is 0 Å². The minimum atomic E-state index is 0.416. The van der Waals surface area contributed by atoms with Crippen LogP contribution in [-0.2, 0) is 0 Å². The third-order valence-corrected chi connectivity index (χ3v) is 2.58. The van der Waals surface area contributed by atoms with E-state index >= 15 is 0 Å². The van der Waals surface area contributed by atoms with Gasteiger partial charge in [-0.3, -0.25) is 0 Å². The number of hydrogen-bond acceptors (Lipinski definition) is 3. The smallest absolute Gasteiger partial charge is 0.294 e. The molecule has 1 aliphatic rings. The maximum atomic E-state index is 3.82. The van der Waals surface area contributed by atoms with Gasteiger partial charge in [0.1, 0.15) is 0 Å². The van der Waals surface area contributed by atoms with Crippen LogP contribution in [0.15, 0.2) is 38.0 Å². The van der Waals surface area contributed by atoms with Gasteiger partial charge in [0, 0.05) is 0 Å². The van der Waals surface area contributed by atoms with Crippen molar-refractivity contribution in [3.63, 3.8) is 0 Å². The predicted molar refractivity (Wildman–Crippen MR) is 72.0 cm³/mol. The van der Waals surface area contributed by atoms with E-state index < -0.39 is 0 Å². The van der Waals surface area contributed by atoms with Crippen molar-refractivity contribution in [3.8, 4) is 0 Å². The molecule has 0 atom stereocenters. The van der Waals surface area contributed by atoms with E-state index in [4.69, 9.17) is 0 Å². The van der Waals surface area contributed by atoms with E-state index in [2.05, 4.69) is 34.3 Å². The second-order valence-electron chi connectivity index (χ2n) is 3.69. The van der Waals surface area contributed by atoms with E-state index in [1.165, 1.54) is 0 Å². The van der Waals surface area contributed by atoms with E-state index in [0.717, 1.165) is 34.5 Å². The van der Waals surface area contributed by atoms with Crippen LogP contribution in [0.1, 0.15) is 0 Å². The highest BCUT2D eigenvalue weighted by Gasteiger charge is 2.31. The lowest BCUT2D eigenvalue weighted by Crippen LogP contribution is -2.66. The first-order valence-electron chi connectivity index (χ1n) is 5.35. The highest BCUT2D eigenvalue weighted by molar-refractivity contribution is 6.74. The quantitative estimate of drug-likeness (QED) is 0.472. The fourth-order valence-corrected chi connectivity index (χ4v) is 1.93. The highest BCUT2D eigenvalue weighted by atomic mass is 15.2. The summed E-state index contributed by atoms with van der Waals surface area (Å²) in [6.45, 7) is 13.6. The summed E-state index contributed by atoms with van der Waals surface area (Å²) < 4.78 is 4.70. The van der Waals surface area contributed by atoms with E-state index in [0.29, 0.717) is 6.98 Å². The van der Waals surface area contributed by atoms with Gasteiger partial charge in [0.2, 0.25) is 0 Å². The Hall–Kier alpha value is -0.705. The normalized spacial score (nSPS) is 17.7. The van der Waals surface area contributed by atoms with Gasteiger partial charge in [-0.2, -0.15) is 0 Å². The molecule has 0 unspecified atom stereocenters. The molecular formula is C9H18B3N3. The van der Waals surface area contributed by atoms with Gasteiger partial charge in [-0.25, -0.2) is 0 Å². The van der Waals surface area contributed by atoms with Crippen molar-refractivity contribution in [2.24, 2.45) is 0 Å². The zero-order valence-electron chi connectivity index (χ0n) is 9.36. The molecular weight excluding hydrogens is 183 g/mol. The molecule has 0 radical (unpaired) electrons. The SMILES string of the molecule is C=CCB1N(CC=C)BNBN1CC=C. The molecule has 6 heteroatoms. The largest absolute Gasteiger partial charge is 0.377 e. The molecule has 1 saturated heterocycles. The van der Waals surface area contributed by atoms with Gasteiger partial charge in [-0.1, -0.05) is 18.2 Å². The number of nitrogens with one attached hydrogen (secondary N) is 1. The molecule has 1 heterocycles. The summed E-state index contributed by atoms with van der Waals surface area (Å²) in [4.78, 5) is 0. The van der Waals surface area contributed by atoms with Crippen LogP contribution in [0.2, 0.25) is 6.32 Å². The van der Waals surface area contributed by atoms with Crippen LogP contribution in [0.5, 0.6) is 0 Å². The standard InChI is InChI=1S/C9H18B3N3/c1-4-7-12-14(8-5-2)10-13-11-15(12)9-6-3/h4-6,10-11,13H,1-3,7-9H2. The molecule has 1 rings (SSSR count). The molecule has 0 amide bonds. The molecule has 1 N–H and O–H groups in total. The summed E-state index contributed by atoms with van der Waals surface area (Å²) in [5, 5.41) is 3.36. The molecule has 1 fully saturated rings. The fourth-order valence-electron chi connectivity index (χ4n) is 1.93. The molecule has 1 aliphatic heterocycles. The number of rotatable bonds is 6. The molecule has 0 bridgehead atoms. The second-order valence-corrected chi connectivity index (χ2v) is 3.69. The Morgan fingerprint density at radius 1 is 1.00 bits per heavy atom. The van der Waals surface area contributed by atoms with Gasteiger partial charge in [-0.15, -0.1) is 19.7 Å². The summed E-state index contributed by atoms with van der Waals surface area (Å²) in [5.41, 5.74) is 0. The minimum Gasteiger partial charge on any atom is -0.377 e. The van der Waals surface area contributed by atoms with Crippen molar-refractivity contribution < 1.29 is 0 Å². The fraction of sp³-hybridized carbons (Fsp3) is 0.333. The molecule has 0 saturated carbocycles.